The molecule has 1 saturated heterocycles. The number of piperidine rings is 1. The third-order valence-electron chi connectivity index (χ3n) is 6.16. The van der Waals surface area contributed by atoms with E-state index in [-0.39, 0.29) is 5.91 Å². The molecule has 0 unspecified atom stereocenters. The number of methoxy groups -OCH3 is 1. The number of ether oxygens (including phenoxy) is 1. The second kappa shape index (κ2) is 8.91. The molecule has 2 aliphatic heterocycles. The van der Waals surface area contributed by atoms with Gasteiger partial charge < -0.3 is 9.64 Å². The van der Waals surface area contributed by atoms with E-state index in [1.165, 1.54) is 12.8 Å². The second-order valence-electron chi connectivity index (χ2n) is 8.11. The van der Waals surface area contributed by atoms with Gasteiger partial charge in [0, 0.05) is 37.7 Å². The molecule has 6 heteroatoms. The fourth-order valence-corrected chi connectivity index (χ4v) is 4.31. The summed E-state index contributed by atoms with van der Waals surface area (Å²) in [6.07, 6.45) is 7.66. The summed E-state index contributed by atoms with van der Waals surface area (Å²) in [7, 11) is 3.82. The zero-order chi connectivity index (χ0) is 20.2. The molecule has 2 aromatic rings. The van der Waals surface area contributed by atoms with Gasteiger partial charge in [-0.1, -0.05) is 18.6 Å². The Morgan fingerprint density at radius 3 is 2.79 bits per heavy atom. The maximum atomic E-state index is 12.7. The Hall–Kier alpha value is -2.47. The van der Waals surface area contributed by atoms with Crippen LogP contribution in [0.25, 0.3) is 0 Å². The van der Waals surface area contributed by atoms with Gasteiger partial charge in [0.2, 0.25) is 5.91 Å². The largest absolute Gasteiger partial charge is 0.497 e. The monoisotopic (exact) mass is 394 g/mol. The number of aryl methyl sites for hydroxylation is 1. The number of carbonyl (C=O) groups excluding carboxylic acids is 1. The summed E-state index contributed by atoms with van der Waals surface area (Å²) < 4.78 is 5.19. The molecule has 0 bridgehead atoms. The van der Waals surface area contributed by atoms with E-state index in [9.17, 15) is 4.79 Å². The number of amides is 1. The molecular formula is C23H30N4O2. The molecule has 0 spiro atoms. The van der Waals surface area contributed by atoms with Crippen LogP contribution in [0.15, 0.2) is 30.5 Å². The summed E-state index contributed by atoms with van der Waals surface area (Å²) in [5.41, 5.74) is 3.37. The molecular weight excluding hydrogens is 364 g/mol. The fraction of sp³-hybridized carbons (Fsp3) is 0.522. The van der Waals surface area contributed by atoms with Gasteiger partial charge in [-0.3, -0.25) is 9.69 Å². The van der Waals surface area contributed by atoms with Crippen molar-refractivity contribution >= 4 is 5.91 Å². The van der Waals surface area contributed by atoms with Crippen molar-refractivity contribution in [2.75, 3.05) is 27.2 Å². The van der Waals surface area contributed by atoms with Crippen LogP contribution in [0.3, 0.4) is 0 Å². The minimum atomic E-state index is 0.197. The van der Waals surface area contributed by atoms with Crippen LogP contribution in [-0.2, 0) is 24.2 Å². The van der Waals surface area contributed by atoms with Crippen LogP contribution < -0.4 is 4.74 Å². The van der Waals surface area contributed by atoms with Gasteiger partial charge in [-0.2, -0.15) is 0 Å². The van der Waals surface area contributed by atoms with Gasteiger partial charge in [0.05, 0.1) is 18.8 Å². The van der Waals surface area contributed by atoms with Crippen LogP contribution in [-0.4, -0.2) is 52.9 Å². The quantitative estimate of drug-likeness (QED) is 0.780. The molecule has 1 amide bonds. The van der Waals surface area contributed by atoms with E-state index in [0.717, 1.165) is 60.7 Å². The van der Waals surface area contributed by atoms with E-state index in [1.807, 2.05) is 35.4 Å². The SMILES string of the molecule is COc1ccc(CCC(=O)N2CCc3nc([C@H]4CCCCN4C)ncc3C2)cc1. The highest BCUT2D eigenvalue weighted by Crippen LogP contribution is 2.28. The lowest BCUT2D eigenvalue weighted by Gasteiger charge is -2.33. The van der Waals surface area contributed by atoms with Crippen LogP contribution in [0.1, 0.15) is 54.4 Å². The van der Waals surface area contributed by atoms with Crippen molar-refractivity contribution in [2.24, 2.45) is 0 Å². The average molecular weight is 395 g/mol. The van der Waals surface area contributed by atoms with E-state index in [4.69, 9.17) is 9.72 Å². The van der Waals surface area contributed by atoms with Gasteiger partial charge in [0.1, 0.15) is 11.6 Å². The van der Waals surface area contributed by atoms with E-state index < -0.39 is 0 Å². The number of carbonyl (C=O) groups is 1. The van der Waals surface area contributed by atoms with Crippen molar-refractivity contribution < 1.29 is 9.53 Å². The number of hydrogen-bond acceptors (Lipinski definition) is 5. The number of likely N-dealkylation sites (tertiary alicyclic amines) is 1. The van der Waals surface area contributed by atoms with Gasteiger partial charge in [0.15, 0.2) is 0 Å². The molecule has 0 N–H and O–H groups in total. The minimum absolute atomic E-state index is 0.197. The van der Waals surface area contributed by atoms with Crippen molar-refractivity contribution in [3.05, 3.63) is 53.1 Å². The molecule has 1 atom stereocenters. The average Bonchev–Trinajstić information content (AvgIpc) is 2.77. The van der Waals surface area contributed by atoms with Crippen molar-refractivity contribution in [1.82, 2.24) is 19.8 Å². The lowest BCUT2D eigenvalue weighted by molar-refractivity contribution is -0.132. The number of hydrogen-bond donors (Lipinski definition) is 0. The first-order valence-electron chi connectivity index (χ1n) is 10.6. The molecule has 29 heavy (non-hydrogen) atoms. The highest BCUT2D eigenvalue weighted by molar-refractivity contribution is 5.76. The fourth-order valence-electron chi connectivity index (χ4n) is 4.31. The van der Waals surface area contributed by atoms with E-state index in [2.05, 4.69) is 16.9 Å². The number of benzene rings is 1. The van der Waals surface area contributed by atoms with Crippen LogP contribution in [0.2, 0.25) is 0 Å². The van der Waals surface area contributed by atoms with Gasteiger partial charge in [-0.05, 0) is 50.6 Å². The molecule has 0 aliphatic carbocycles. The third kappa shape index (κ3) is 4.58. The minimum Gasteiger partial charge on any atom is -0.497 e. The second-order valence-corrected chi connectivity index (χ2v) is 8.11. The zero-order valence-electron chi connectivity index (χ0n) is 17.4. The Labute approximate surface area is 172 Å². The molecule has 0 radical (unpaired) electrons. The molecule has 1 aromatic carbocycles. The predicted molar refractivity (Wildman–Crippen MR) is 112 cm³/mol. The molecule has 1 aromatic heterocycles. The lowest BCUT2D eigenvalue weighted by Crippen LogP contribution is -2.37. The van der Waals surface area contributed by atoms with Crippen LogP contribution in [0.5, 0.6) is 5.75 Å². The molecule has 1 fully saturated rings. The van der Waals surface area contributed by atoms with E-state index in [0.29, 0.717) is 19.0 Å². The van der Waals surface area contributed by atoms with Crippen molar-refractivity contribution in [3.63, 3.8) is 0 Å². The van der Waals surface area contributed by atoms with Gasteiger partial charge >= 0.3 is 0 Å². The summed E-state index contributed by atoms with van der Waals surface area (Å²) in [6.45, 7) is 2.48. The first-order chi connectivity index (χ1) is 14.1. The van der Waals surface area contributed by atoms with Crippen LogP contribution >= 0.6 is 0 Å². The van der Waals surface area contributed by atoms with Crippen molar-refractivity contribution in [2.45, 2.75) is 51.1 Å². The smallest absolute Gasteiger partial charge is 0.223 e. The lowest BCUT2D eigenvalue weighted by atomic mass is 10.0. The standard InChI is InChI=1S/C23H30N4O2/c1-26-13-4-3-5-21(26)23-24-15-18-16-27(14-12-20(18)25-23)22(28)11-8-17-6-9-19(29-2)10-7-17/h6-7,9-10,15,21H,3-5,8,11-14,16H2,1-2H3/t21-/m1/s1. The zero-order valence-corrected chi connectivity index (χ0v) is 17.4. The van der Waals surface area contributed by atoms with E-state index in [1.54, 1.807) is 7.11 Å². The Morgan fingerprint density at radius 2 is 2.03 bits per heavy atom. The molecule has 6 nitrogen and oxygen atoms in total. The summed E-state index contributed by atoms with van der Waals surface area (Å²) in [4.78, 5) is 26.6. The molecule has 3 heterocycles. The summed E-state index contributed by atoms with van der Waals surface area (Å²) >= 11 is 0. The van der Waals surface area contributed by atoms with Crippen LogP contribution in [0, 0.1) is 0 Å². The number of rotatable bonds is 5. The Kier molecular flexibility index (Phi) is 6.09. The Balaban J connectivity index is 1.36. The van der Waals surface area contributed by atoms with Gasteiger partial charge in [0.25, 0.3) is 0 Å². The first kappa shape index (κ1) is 19.8. The molecule has 0 saturated carbocycles. The first-order valence-corrected chi connectivity index (χ1v) is 10.6. The molecule has 2 aliphatic rings. The highest BCUT2D eigenvalue weighted by atomic mass is 16.5. The Morgan fingerprint density at radius 1 is 1.21 bits per heavy atom. The summed E-state index contributed by atoms with van der Waals surface area (Å²) in [6, 6.07) is 8.26. The van der Waals surface area contributed by atoms with Gasteiger partial charge in [-0.25, -0.2) is 9.97 Å². The van der Waals surface area contributed by atoms with E-state index >= 15 is 0 Å². The molecule has 154 valence electrons. The number of aromatic nitrogens is 2. The predicted octanol–water partition coefficient (Wildman–Crippen LogP) is 3.16. The normalized spacial score (nSPS) is 19.7. The molecule has 4 rings (SSSR count). The number of fused-ring (bicyclic) bond motifs is 1. The van der Waals surface area contributed by atoms with Crippen molar-refractivity contribution in [1.29, 1.82) is 0 Å². The van der Waals surface area contributed by atoms with Gasteiger partial charge in [-0.15, -0.1) is 0 Å². The maximum absolute atomic E-state index is 12.7. The Bertz CT molecular complexity index is 852. The maximum Gasteiger partial charge on any atom is 0.223 e. The van der Waals surface area contributed by atoms with Crippen LogP contribution in [0.4, 0.5) is 0 Å². The highest BCUT2D eigenvalue weighted by Gasteiger charge is 2.26. The summed E-state index contributed by atoms with van der Waals surface area (Å²) in [5.74, 6) is 1.99. The number of nitrogens with zero attached hydrogens (tertiary/aromatic N) is 4. The van der Waals surface area contributed by atoms with Crippen molar-refractivity contribution in [3.8, 4) is 5.75 Å². The topological polar surface area (TPSA) is 58.6 Å². The summed E-state index contributed by atoms with van der Waals surface area (Å²) in [5, 5.41) is 0. The third-order valence-corrected chi connectivity index (χ3v) is 6.16.